The number of nitro groups is 1. The molecule has 1 aromatic carbocycles. The number of rotatable bonds is 4. The van der Waals surface area contributed by atoms with Gasteiger partial charge in [-0.15, -0.1) is 0 Å². The van der Waals surface area contributed by atoms with Gasteiger partial charge < -0.3 is 9.72 Å². The average molecular weight is 260 g/mol. The summed E-state index contributed by atoms with van der Waals surface area (Å²) in [6.07, 6.45) is 2.84. The highest BCUT2D eigenvalue weighted by Crippen LogP contribution is 2.20. The van der Waals surface area contributed by atoms with Crippen molar-refractivity contribution in [1.29, 1.82) is 0 Å². The van der Waals surface area contributed by atoms with Crippen molar-refractivity contribution in [3.63, 3.8) is 0 Å². The summed E-state index contributed by atoms with van der Waals surface area (Å²) in [5, 5.41) is 11.7. The van der Waals surface area contributed by atoms with Crippen LogP contribution in [-0.2, 0) is 9.53 Å². The lowest BCUT2D eigenvalue weighted by Crippen LogP contribution is -2.14. The van der Waals surface area contributed by atoms with Crippen molar-refractivity contribution in [3.05, 3.63) is 51.8 Å². The van der Waals surface area contributed by atoms with E-state index in [1.165, 1.54) is 6.08 Å². The van der Waals surface area contributed by atoms with Gasteiger partial charge in [0.1, 0.15) is 0 Å². The van der Waals surface area contributed by atoms with Crippen LogP contribution < -0.4 is 0 Å². The van der Waals surface area contributed by atoms with Crippen LogP contribution in [0.3, 0.4) is 0 Å². The number of benzene rings is 1. The molecule has 6 heteroatoms. The van der Waals surface area contributed by atoms with Crippen LogP contribution in [0.2, 0.25) is 0 Å². The van der Waals surface area contributed by atoms with Gasteiger partial charge in [0.05, 0.1) is 11.5 Å². The van der Waals surface area contributed by atoms with Gasteiger partial charge in [-0.05, 0) is 13.0 Å². The minimum absolute atomic E-state index is 0.0951. The van der Waals surface area contributed by atoms with Gasteiger partial charge in [-0.25, -0.2) is 4.79 Å². The third-order valence-electron chi connectivity index (χ3n) is 2.59. The first-order valence-corrected chi connectivity index (χ1v) is 5.72. The van der Waals surface area contributed by atoms with Crippen molar-refractivity contribution in [2.45, 2.75) is 6.92 Å². The fourth-order valence-corrected chi connectivity index (χ4v) is 1.75. The Kier molecular flexibility index (Phi) is 3.61. The SMILES string of the molecule is CCOC(=O)/C(=C\c1c[nH]c2ccccc12)[N+](=O)[O-]. The zero-order valence-corrected chi connectivity index (χ0v) is 10.3. The van der Waals surface area contributed by atoms with Crippen molar-refractivity contribution < 1.29 is 14.5 Å². The monoisotopic (exact) mass is 260 g/mol. The normalized spacial score (nSPS) is 11.5. The summed E-state index contributed by atoms with van der Waals surface area (Å²) in [7, 11) is 0. The summed E-state index contributed by atoms with van der Waals surface area (Å²) >= 11 is 0. The van der Waals surface area contributed by atoms with Crippen LogP contribution >= 0.6 is 0 Å². The molecule has 0 amide bonds. The quantitative estimate of drug-likeness (QED) is 0.395. The molecule has 1 N–H and O–H groups in total. The number of carbonyl (C=O) groups is 1. The number of aromatic nitrogens is 1. The van der Waals surface area contributed by atoms with Gasteiger partial charge in [-0.1, -0.05) is 18.2 Å². The summed E-state index contributed by atoms with van der Waals surface area (Å²) in [5.74, 6) is -0.933. The van der Waals surface area contributed by atoms with E-state index < -0.39 is 16.6 Å². The van der Waals surface area contributed by atoms with Crippen LogP contribution in [-0.4, -0.2) is 22.5 Å². The van der Waals surface area contributed by atoms with E-state index >= 15 is 0 Å². The van der Waals surface area contributed by atoms with Gasteiger partial charge in [-0.2, -0.15) is 0 Å². The van der Waals surface area contributed by atoms with E-state index in [4.69, 9.17) is 0 Å². The molecule has 0 unspecified atom stereocenters. The molecule has 0 spiro atoms. The van der Waals surface area contributed by atoms with Gasteiger partial charge >= 0.3 is 11.7 Å². The molecule has 0 saturated heterocycles. The number of ether oxygens (including phenoxy) is 1. The second-order valence-electron chi connectivity index (χ2n) is 3.80. The molecule has 1 aromatic heterocycles. The largest absolute Gasteiger partial charge is 0.458 e. The molecule has 2 rings (SSSR count). The lowest BCUT2D eigenvalue weighted by atomic mass is 10.1. The molecule has 0 aliphatic heterocycles. The van der Waals surface area contributed by atoms with Gasteiger partial charge in [0.2, 0.25) is 0 Å². The predicted molar refractivity (Wildman–Crippen MR) is 69.9 cm³/mol. The third-order valence-corrected chi connectivity index (χ3v) is 2.59. The van der Waals surface area contributed by atoms with E-state index in [0.29, 0.717) is 5.56 Å². The maximum Gasteiger partial charge on any atom is 0.409 e. The summed E-state index contributed by atoms with van der Waals surface area (Å²) in [6, 6.07) is 7.35. The van der Waals surface area contributed by atoms with Gasteiger partial charge in [0.15, 0.2) is 0 Å². The summed E-state index contributed by atoms with van der Waals surface area (Å²) < 4.78 is 4.67. The number of hydrogen-bond acceptors (Lipinski definition) is 4. The maximum absolute atomic E-state index is 11.5. The van der Waals surface area contributed by atoms with Crippen molar-refractivity contribution in [2.75, 3.05) is 6.61 Å². The zero-order valence-electron chi connectivity index (χ0n) is 10.3. The molecule has 2 aromatic rings. The van der Waals surface area contributed by atoms with E-state index in [1.807, 2.05) is 24.3 Å². The number of nitrogens with zero attached hydrogens (tertiary/aromatic N) is 1. The first-order valence-electron chi connectivity index (χ1n) is 5.72. The van der Waals surface area contributed by atoms with Crippen molar-refractivity contribution in [1.82, 2.24) is 4.98 Å². The Morgan fingerprint density at radius 1 is 1.47 bits per heavy atom. The maximum atomic E-state index is 11.5. The van der Waals surface area contributed by atoms with E-state index in [1.54, 1.807) is 13.1 Å². The molecule has 0 fully saturated rings. The predicted octanol–water partition coefficient (Wildman–Crippen LogP) is 2.35. The molecule has 0 aliphatic rings. The molecular weight excluding hydrogens is 248 g/mol. The molecule has 1 heterocycles. The molecule has 0 bridgehead atoms. The molecular formula is C13H12N2O4. The van der Waals surface area contributed by atoms with Crippen molar-refractivity contribution in [2.24, 2.45) is 0 Å². The molecule has 98 valence electrons. The Morgan fingerprint density at radius 2 is 2.21 bits per heavy atom. The smallest absolute Gasteiger partial charge is 0.409 e. The number of hydrogen-bond donors (Lipinski definition) is 1. The van der Waals surface area contributed by atoms with Crippen molar-refractivity contribution in [3.8, 4) is 0 Å². The highest BCUT2D eigenvalue weighted by Gasteiger charge is 2.23. The zero-order chi connectivity index (χ0) is 13.8. The lowest BCUT2D eigenvalue weighted by Gasteiger charge is -1.98. The van der Waals surface area contributed by atoms with E-state index in [2.05, 4.69) is 9.72 Å². The molecule has 0 aliphatic carbocycles. The Hall–Kier alpha value is -2.63. The van der Waals surface area contributed by atoms with E-state index in [0.717, 1.165) is 10.9 Å². The summed E-state index contributed by atoms with van der Waals surface area (Å²) in [5.41, 5.74) is 0.849. The van der Waals surface area contributed by atoms with Gasteiger partial charge in [0.25, 0.3) is 0 Å². The Labute approximate surface area is 108 Å². The highest BCUT2D eigenvalue weighted by atomic mass is 16.6. The van der Waals surface area contributed by atoms with E-state index in [-0.39, 0.29) is 6.61 Å². The minimum atomic E-state index is -0.933. The topological polar surface area (TPSA) is 85.2 Å². The average Bonchev–Trinajstić information content (AvgIpc) is 2.79. The minimum Gasteiger partial charge on any atom is -0.458 e. The van der Waals surface area contributed by atoms with Crippen LogP contribution in [0, 0.1) is 10.1 Å². The van der Waals surface area contributed by atoms with E-state index in [9.17, 15) is 14.9 Å². The second-order valence-corrected chi connectivity index (χ2v) is 3.80. The number of aromatic amines is 1. The lowest BCUT2D eigenvalue weighted by molar-refractivity contribution is -0.419. The number of carbonyl (C=O) groups excluding carboxylic acids is 1. The second kappa shape index (κ2) is 5.34. The Balaban J connectivity index is 2.46. The van der Waals surface area contributed by atoms with Crippen LogP contribution in [0.25, 0.3) is 17.0 Å². The first-order chi connectivity index (χ1) is 9.13. The van der Waals surface area contributed by atoms with Gasteiger partial charge in [-0.3, -0.25) is 10.1 Å². The number of fused-ring (bicyclic) bond motifs is 1. The van der Waals surface area contributed by atoms with Crippen molar-refractivity contribution >= 4 is 22.9 Å². The van der Waals surface area contributed by atoms with Crippen LogP contribution in [0.4, 0.5) is 0 Å². The third kappa shape index (κ3) is 2.62. The number of H-pyrrole nitrogens is 1. The summed E-state index contributed by atoms with van der Waals surface area (Å²) in [6.45, 7) is 1.69. The highest BCUT2D eigenvalue weighted by molar-refractivity contribution is 5.96. The Morgan fingerprint density at radius 3 is 2.89 bits per heavy atom. The first kappa shape index (κ1) is 12.8. The molecule has 0 atom stereocenters. The van der Waals surface area contributed by atoms with Gasteiger partial charge in [0, 0.05) is 28.7 Å². The number of esters is 1. The number of nitrogens with one attached hydrogen (secondary N) is 1. The molecule has 0 radical (unpaired) electrons. The number of para-hydroxylation sites is 1. The standard InChI is InChI=1S/C13H12N2O4/c1-2-19-13(16)12(15(17)18)7-9-8-14-11-6-4-3-5-10(9)11/h3-8,14H,2H2,1H3/b12-7+. The Bertz CT molecular complexity index is 657. The molecule has 19 heavy (non-hydrogen) atoms. The fourth-order valence-electron chi connectivity index (χ4n) is 1.75. The van der Waals surface area contributed by atoms with Crippen LogP contribution in [0.5, 0.6) is 0 Å². The fraction of sp³-hybridized carbons (Fsp3) is 0.154. The van der Waals surface area contributed by atoms with Crippen LogP contribution in [0.1, 0.15) is 12.5 Å². The molecule has 6 nitrogen and oxygen atoms in total. The summed E-state index contributed by atoms with van der Waals surface area (Å²) in [4.78, 5) is 24.7. The molecule has 0 saturated carbocycles. The van der Waals surface area contributed by atoms with Crippen LogP contribution in [0.15, 0.2) is 36.2 Å².